The van der Waals surface area contributed by atoms with Crippen LogP contribution in [0.25, 0.3) is 0 Å². The van der Waals surface area contributed by atoms with Gasteiger partial charge in [-0.15, -0.1) is 0 Å². The molecule has 0 aliphatic heterocycles. The largest absolute Gasteiger partial charge is 0.381 e. The molecule has 19 heavy (non-hydrogen) atoms. The molecule has 1 N–H and O–H groups in total. The summed E-state index contributed by atoms with van der Waals surface area (Å²) in [6.07, 6.45) is 5.03. The number of aryl methyl sites for hydroxylation is 2. The Kier molecular flexibility index (Phi) is 3.49. The van der Waals surface area contributed by atoms with Crippen LogP contribution in [0.5, 0.6) is 0 Å². The second kappa shape index (κ2) is 5.43. The van der Waals surface area contributed by atoms with E-state index in [0.29, 0.717) is 0 Å². The third-order valence-corrected chi connectivity index (χ3v) is 3.73. The Balaban J connectivity index is 1.70. The van der Waals surface area contributed by atoms with Crippen LogP contribution in [0.3, 0.4) is 0 Å². The molecule has 0 atom stereocenters. The van der Waals surface area contributed by atoms with Gasteiger partial charge < -0.3 is 5.32 Å². The van der Waals surface area contributed by atoms with Gasteiger partial charge in [0.1, 0.15) is 5.82 Å². The van der Waals surface area contributed by atoms with E-state index in [1.807, 2.05) is 6.07 Å². The predicted octanol–water partition coefficient (Wildman–Crippen LogP) is 4.32. The molecule has 3 rings (SSSR count). The second-order valence-corrected chi connectivity index (χ2v) is 5.17. The fourth-order valence-electron chi connectivity index (χ4n) is 2.70. The molecule has 0 radical (unpaired) electrons. The van der Waals surface area contributed by atoms with Crippen molar-refractivity contribution in [2.75, 3.05) is 5.32 Å². The molecule has 0 fully saturated rings. The van der Waals surface area contributed by atoms with Crippen LogP contribution < -0.4 is 5.32 Å². The predicted molar refractivity (Wildman–Crippen MR) is 76.8 cm³/mol. The van der Waals surface area contributed by atoms with Crippen LogP contribution in [0.1, 0.15) is 29.5 Å². The van der Waals surface area contributed by atoms with Crippen LogP contribution in [0.15, 0.2) is 42.5 Å². The Labute approximate surface area is 113 Å². The monoisotopic (exact) mass is 255 g/mol. The number of halogens is 1. The van der Waals surface area contributed by atoms with Gasteiger partial charge in [0, 0.05) is 12.2 Å². The van der Waals surface area contributed by atoms with Crippen molar-refractivity contribution < 1.29 is 4.39 Å². The summed E-state index contributed by atoms with van der Waals surface area (Å²) in [4.78, 5) is 0. The third-order valence-electron chi connectivity index (χ3n) is 3.73. The van der Waals surface area contributed by atoms with Crippen molar-refractivity contribution in [3.63, 3.8) is 0 Å². The molecule has 0 spiro atoms. The van der Waals surface area contributed by atoms with Crippen LogP contribution >= 0.6 is 0 Å². The highest BCUT2D eigenvalue weighted by molar-refractivity contribution is 5.44. The molecule has 2 aromatic carbocycles. The first-order valence-electron chi connectivity index (χ1n) is 6.91. The summed E-state index contributed by atoms with van der Waals surface area (Å²) in [6, 6.07) is 13.3. The van der Waals surface area contributed by atoms with Crippen LogP contribution in [-0.4, -0.2) is 0 Å². The topological polar surface area (TPSA) is 12.0 Å². The smallest absolute Gasteiger partial charge is 0.125 e. The van der Waals surface area contributed by atoms with Gasteiger partial charge in [-0.3, -0.25) is 0 Å². The SMILES string of the molecule is Fc1cccc(NCc2ccc3c(c2)CCCC3)c1. The maximum absolute atomic E-state index is 13.1. The molecule has 1 aliphatic rings. The highest BCUT2D eigenvalue weighted by atomic mass is 19.1. The van der Waals surface area contributed by atoms with Gasteiger partial charge in [0.25, 0.3) is 0 Å². The minimum atomic E-state index is -0.199. The lowest BCUT2D eigenvalue weighted by Crippen LogP contribution is -2.05. The van der Waals surface area contributed by atoms with Crippen LogP contribution in [-0.2, 0) is 19.4 Å². The lowest BCUT2D eigenvalue weighted by atomic mass is 9.90. The summed E-state index contributed by atoms with van der Waals surface area (Å²) in [5.74, 6) is -0.199. The average Bonchev–Trinajstić information content (AvgIpc) is 2.45. The van der Waals surface area contributed by atoms with E-state index in [4.69, 9.17) is 0 Å². The van der Waals surface area contributed by atoms with Crippen LogP contribution in [0.4, 0.5) is 10.1 Å². The quantitative estimate of drug-likeness (QED) is 0.861. The van der Waals surface area contributed by atoms with Crippen molar-refractivity contribution in [3.8, 4) is 0 Å². The molecule has 0 heterocycles. The molecular formula is C17H18FN. The molecule has 1 nitrogen and oxygen atoms in total. The summed E-state index contributed by atoms with van der Waals surface area (Å²) in [6.45, 7) is 0.747. The number of fused-ring (bicyclic) bond motifs is 1. The highest BCUT2D eigenvalue weighted by Gasteiger charge is 2.09. The summed E-state index contributed by atoms with van der Waals surface area (Å²) in [5, 5.41) is 3.27. The Bertz CT molecular complexity index is 577. The zero-order chi connectivity index (χ0) is 13.1. The molecule has 0 unspecified atom stereocenters. The summed E-state index contributed by atoms with van der Waals surface area (Å²) >= 11 is 0. The summed E-state index contributed by atoms with van der Waals surface area (Å²) < 4.78 is 13.1. The van der Waals surface area contributed by atoms with Gasteiger partial charge in [0.15, 0.2) is 0 Å². The minimum Gasteiger partial charge on any atom is -0.381 e. The molecular weight excluding hydrogens is 237 g/mol. The molecule has 0 saturated carbocycles. The Morgan fingerprint density at radius 3 is 2.63 bits per heavy atom. The molecule has 2 aromatic rings. The Morgan fingerprint density at radius 2 is 1.79 bits per heavy atom. The summed E-state index contributed by atoms with van der Waals surface area (Å²) in [5.41, 5.74) is 5.09. The van der Waals surface area contributed by atoms with E-state index in [-0.39, 0.29) is 5.82 Å². The van der Waals surface area contributed by atoms with Gasteiger partial charge in [-0.25, -0.2) is 4.39 Å². The molecule has 0 amide bonds. The number of nitrogens with one attached hydrogen (secondary N) is 1. The lowest BCUT2D eigenvalue weighted by Gasteiger charge is -2.17. The normalized spacial score (nSPS) is 13.9. The van der Waals surface area contributed by atoms with E-state index in [1.54, 1.807) is 6.07 Å². The van der Waals surface area contributed by atoms with Crippen molar-refractivity contribution in [2.45, 2.75) is 32.2 Å². The van der Waals surface area contributed by atoms with Gasteiger partial charge in [0.05, 0.1) is 0 Å². The van der Waals surface area contributed by atoms with Crippen LogP contribution in [0, 0.1) is 5.82 Å². The highest BCUT2D eigenvalue weighted by Crippen LogP contribution is 2.22. The van der Waals surface area contributed by atoms with Crippen LogP contribution in [0.2, 0.25) is 0 Å². The van der Waals surface area contributed by atoms with E-state index < -0.39 is 0 Å². The molecule has 0 bridgehead atoms. The Hall–Kier alpha value is -1.83. The van der Waals surface area contributed by atoms with E-state index in [0.717, 1.165) is 12.2 Å². The first-order chi connectivity index (χ1) is 9.31. The molecule has 98 valence electrons. The van der Waals surface area contributed by atoms with E-state index >= 15 is 0 Å². The van der Waals surface area contributed by atoms with E-state index in [1.165, 1.54) is 54.5 Å². The maximum Gasteiger partial charge on any atom is 0.125 e. The van der Waals surface area contributed by atoms with Gasteiger partial charge in [-0.2, -0.15) is 0 Å². The number of benzene rings is 2. The third kappa shape index (κ3) is 2.95. The number of anilines is 1. The number of rotatable bonds is 3. The van der Waals surface area contributed by atoms with Crippen molar-refractivity contribution >= 4 is 5.69 Å². The zero-order valence-electron chi connectivity index (χ0n) is 11.0. The van der Waals surface area contributed by atoms with Crippen molar-refractivity contribution in [1.82, 2.24) is 0 Å². The van der Waals surface area contributed by atoms with E-state index in [9.17, 15) is 4.39 Å². The van der Waals surface area contributed by atoms with Gasteiger partial charge in [-0.05, 0) is 60.6 Å². The molecule has 0 saturated heterocycles. The number of hydrogen-bond donors (Lipinski definition) is 1. The van der Waals surface area contributed by atoms with Gasteiger partial charge in [-0.1, -0.05) is 24.3 Å². The molecule has 2 heteroatoms. The first kappa shape index (κ1) is 12.2. The fourth-order valence-corrected chi connectivity index (χ4v) is 2.70. The lowest BCUT2D eigenvalue weighted by molar-refractivity contribution is 0.628. The number of hydrogen-bond acceptors (Lipinski definition) is 1. The van der Waals surface area contributed by atoms with Crippen molar-refractivity contribution in [1.29, 1.82) is 0 Å². The van der Waals surface area contributed by atoms with Crippen molar-refractivity contribution in [3.05, 3.63) is 65.0 Å². The second-order valence-electron chi connectivity index (χ2n) is 5.17. The Morgan fingerprint density at radius 1 is 0.947 bits per heavy atom. The fraction of sp³-hybridized carbons (Fsp3) is 0.294. The maximum atomic E-state index is 13.1. The summed E-state index contributed by atoms with van der Waals surface area (Å²) in [7, 11) is 0. The average molecular weight is 255 g/mol. The zero-order valence-corrected chi connectivity index (χ0v) is 11.0. The van der Waals surface area contributed by atoms with Gasteiger partial charge >= 0.3 is 0 Å². The molecule has 0 aromatic heterocycles. The van der Waals surface area contributed by atoms with Crippen molar-refractivity contribution in [2.24, 2.45) is 0 Å². The minimum absolute atomic E-state index is 0.199. The van der Waals surface area contributed by atoms with E-state index in [2.05, 4.69) is 23.5 Å². The first-order valence-corrected chi connectivity index (χ1v) is 6.91. The van der Waals surface area contributed by atoms with Gasteiger partial charge in [0.2, 0.25) is 0 Å². The standard InChI is InChI=1S/C17H18FN/c18-16-6-3-7-17(11-16)19-12-13-8-9-14-4-1-2-5-15(14)10-13/h3,6-11,19H,1-2,4-5,12H2. The molecule has 1 aliphatic carbocycles.